The summed E-state index contributed by atoms with van der Waals surface area (Å²) in [4.78, 5) is 60.3. The third-order valence-electron chi connectivity index (χ3n) is 9.23. The Morgan fingerprint density at radius 3 is 1.70 bits per heavy atom. The highest BCUT2D eigenvalue weighted by atomic mass is 16.5. The lowest BCUT2D eigenvalue weighted by Crippen LogP contribution is -2.20. The standard InChI is InChI=1S/C23H22N4O3.C22H19N5O4/c1-24-22(28)21-14-18(12-13-25-21)30-17-10-8-16(9-11-17)26-23(29)27-20-7-3-5-15-4-2-6-19(15)20;1-13-25-18-8-5-15(11-20(18)30-13)27-22(29)26-14-3-6-16(7-4-14)31-17-9-10-24-19(12-17)21(28)23-2/h3,5,7-14H,2,4,6H2,1H3,(H,24,28)(H2,26,27,29);3-12H,1-2H3,(H,23,28)(H2,26,27,29). The van der Waals surface area contributed by atoms with E-state index in [4.69, 9.17) is 13.9 Å². The normalized spacial score (nSPS) is 11.3. The molecule has 0 saturated heterocycles. The van der Waals surface area contributed by atoms with Crippen molar-refractivity contribution >= 4 is 57.7 Å². The largest absolute Gasteiger partial charge is 0.457 e. The molecule has 1 aliphatic rings. The van der Waals surface area contributed by atoms with E-state index in [1.165, 1.54) is 30.6 Å². The average molecular weight is 820 g/mol. The van der Waals surface area contributed by atoms with Crippen molar-refractivity contribution < 1.29 is 33.1 Å². The summed E-state index contributed by atoms with van der Waals surface area (Å²) in [6.45, 7) is 1.77. The Morgan fingerprint density at radius 2 is 1.13 bits per heavy atom. The molecule has 0 spiro atoms. The van der Waals surface area contributed by atoms with Gasteiger partial charge in [0.15, 0.2) is 11.5 Å². The van der Waals surface area contributed by atoms with Gasteiger partial charge in [0.2, 0.25) is 0 Å². The maximum absolute atomic E-state index is 12.4. The van der Waals surface area contributed by atoms with Crippen molar-refractivity contribution in [1.82, 2.24) is 25.6 Å². The molecule has 7 aromatic rings. The molecule has 0 atom stereocenters. The van der Waals surface area contributed by atoms with Gasteiger partial charge in [0, 0.05) is 74.4 Å². The molecule has 8 rings (SSSR count). The first kappa shape index (κ1) is 40.9. The zero-order chi connectivity index (χ0) is 42.7. The lowest BCUT2D eigenvalue weighted by Gasteiger charge is -2.12. The van der Waals surface area contributed by atoms with Crippen LogP contribution in [0.3, 0.4) is 0 Å². The summed E-state index contributed by atoms with van der Waals surface area (Å²) >= 11 is 0. The smallest absolute Gasteiger partial charge is 0.323 e. The van der Waals surface area contributed by atoms with Crippen molar-refractivity contribution in [3.8, 4) is 23.0 Å². The fourth-order valence-corrected chi connectivity index (χ4v) is 6.37. The highest BCUT2D eigenvalue weighted by Gasteiger charge is 2.16. The summed E-state index contributed by atoms with van der Waals surface area (Å²) in [6, 6.07) is 30.9. The van der Waals surface area contributed by atoms with E-state index >= 15 is 0 Å². The Morgan fingerprint density at radius 1 is 0.590 bits per heavy atom. The fourth-order valence-electron chi connectivity index (χ4n) is 6.37. The van der Waals surface area contributed by atoms with Gasteiger partial charge in [0.25, 0.3) is 11.8 Å². The molecule has 16 nitrogen and oxygen atoms in total. The van der Waals surface area contributed by atoms with Gasteiger partial charge in [-0.1, -0.05) is 12.1 Å². The third-order valence-corrected chi connectivity index (χ3v) is 9.23. The number of nitrogens with one attached hydrogen (secondary N) is 6. The van der Waals surface area contributed by atoms with E-state index in [1.54, 1.807) is 105 Å². The van der Waals surface area contributed by atoms with Crippen LogP contribution in [0.25, 0.3) is 11.1 Å². The predicted molar refractivity (Wildman–Crippen MR) is 231 cm³/mol. The molecule has 3 aromatic heterocycles. The van der Waals surface area contributed by atoms with Crippen LogP contribution >= 0.6 is 0 Å². The number of ether oxygens (including phenoxy) is 2. The number of rotatable bonds is 10. The van der Waals surface area contributed by atoms with Crippen LogP contribution in [0.5, 0.6) is 23.0 Å². The Labute approximate surface area is 350 Å². The number of fused-ring (bicyclic) bond motifs is 2. The SMILES string of the molecule is CNC(=O)c1cc(Oc2ccc(NC(=O)Nc3ccc4nc(C)oc4c3)cc2)ccn1.CNC(=O)c1cc(Oc2ccc(NC(=O)Nc3cccc4c3CCC4)cc2)ccn1. The van der Waals surface area contributed by atoms with Gasteiger partial charge in [0.1, 0.15) is 39.9 Å². The van der Waals surface area contributed by atoms with E-state index in [1.807, 2.05) is 12.1 Å². The molecule has 16 heteroatoms. The maximum Gasteiger partial charge on any atom is 0.323 e. The Kier molecular flexibility index (Phi) is 12.7. The van der Waals surface area contributed by atoms with Gasteiger partial charge in [-0.15, -0.1) is 0 Å². The number of carbonyl (C=O) groups is 4. The van der Waals surface area contributed by atoms with Gasteiger partial charge < -0.3 is 45.8 Å². The van der Waals surface area contributed by atoms with Crippen molar-refractivity contribution in [3.05, 3.63) is 150 Å². The first-order valence-electron chi connectivity index (χ1n) is 19.2. The van der Waals surface area contributed by atoms with Gasteiger partial charge in [0.05, 0.1) is 0 Å². The van der Waals surface area contributed by atoms with Crippen LogP contribution in [0.4, 0.5) is 32.3 Å². The van der Waals surface area contributed by atoms with Crippen molar-refractivity contribution in [2.75, 3.05) is 35.4 Å². The van der Waals surface area contributed by atoms with E-state index < -0.39 is 6.03 Å². The number of carbonyl (C=O) groups excluding carboxylic acids is 4. The van der Waals surface area contributed by atoms with Crippen LogP contribution in [-0.2, 0) is 12.8 Å². The molecule has 1 aliphatic carbocycles. The quantitative estimate of drug-likeness (QED) is 0.0773. The van der Waals surface area contributed by atoms with Crippen LogP contribution in [0.1, 0.15) is 44.4 Å². The monoisotopic (exact) mass is 819 g/mol. The van der Waals surface area contributed by atoms with Crippen molar-refractivity contribution in [3.63, 3.8) is 0 Å². The molecule has 0 bridgehead atoms. The van der Waals surface area contributed by atoms with E-state index in [2.05, 4.69) is 52.9 Å². The highest BCUT2D eigenvalue weighted by Crippen LogP contribution is 2.30. The average Bonchev–Trinajstić information content (AvgIpc) is 3.91. The van der Waals surface area contributed by atoms with Crippen molar-refractivity contribution in [2.45, 2.75) is 26.2 Å². The summed E-state index contributed by atoms with van der Waals surface area (Å²) in [5.41, 5.74) is 7.09. The highest BCUT2D eigenvalue weighted by molar-refractivity contribution is 6.01. The van der Waals surface area contributed by atoms with Crippen LogP contribution in [0.2, 0.25) is 0 Å². The first-order valence-corrected chi connectivity index (χ1v) is 19.2. The molecule has 6 amide bonds. The summed E-state index contributed by atoms with van der Waals surface area (Å²) < 4.78 is 17.0. The second kappa shape index (κ2) is 19.0. The topological polar surface area (TPSA) is 211 Å². The number of pyridine rings is 2. The van der Waals surface area contributed by atoms with E-state index in [9.17, 15) is 19.2 Å². The second-order valence-electron chi connectivity index (χ2n) is 13.5. The van der Waals surface area contributed by atoms with Crippen LogP contribution in [-0.4, -0.2) is 52.9 Å². The number of aromatic nitrogens is 3. The number of nitrogens with zero attached hydrogens (tertiary/aromatic N) is 3. The molecule has 3 heterocycles. The minimum atomic E-state index is -0.395. The lowest BCUT2D eigenvalue weighted by atomic mass is 10.1. The maximum atomic E-state index is 12.4. The van der Waals surface area contributed by atoms with Gasteiger partial charge in [-0.2, -0.15) is 0 Å². The zero-order valence-corrected chi connectivity index (χ0v) is 33.4. The molecule has 308 valence electrons. The third kappa shape index (κ3) is 10.8. The van der Waals surface area contributed by atoms with Gasteiger partial charge in [-0.05, 0) is 109 Å². The number of amides is 6. The number of hydrogen-bond donors (Lipinski definition) is 6. The second-order valence-corrected chi connectivity index (χ2v) is 13.5. The molecule has 0 saturated carbocycles. The lowest BCUT2D eigenvalue weighted by molar-refractivity contribution is 0.0950. The number of oxazole rings is 1. The molecule has 61 heavy (non-hydrogen) atoms. The van der Waals surface area contributed by atoms with Gasteiger partial charge >= 0.3 is 12.1 Å². The molecule has 4 aromatic carbocycles. The number of benzene rings is 4. The Balaban J connectivity index is 0.000000184. The minimum absolute atomic E-state index is 0.258. The van der Waals surface area contributed by atoms with Gasteiger partial charge in [-0.25, -0.2) is 14.6 Å². The van der Waals surface area contributed by atoms with Gasteiger partial charge in [-0.3, -0.25) is 19.6 Å². The van der Waals surface area contributed by atoms with Crippen LogP contribution in [0, 0.1) is 6.92 Å². The van der Waals surface area contributed by atoms with E-state index in [-0.39, 0.29) is 29.2 Å². The Hall–Kier alpha value is -8.27. The molecule has 0 unspecified atom stereocenters. The number of anilines is 4. The molecular weight excluding hydrogens is 779 g/mol. The Bertz CT molecular complexity index is 2700. The predicted octanol–water partition coefficient (Wildman–Crippen LogP) is 8.69. The molecule has 0 radical (unpaired) electrons. The number of hydrogen-bond acceptors (Lipinski definition) is 10. The molecule has 6 N–H and O–H groups in total. The molecule has 0 aliphatic heterocycles. The summed E-state index contributed by atoms with van der Waals surface area (Å²) in [6.07, 6.45) is 6.20. The van der Waals surface area contributed by atoms with Crippen LogP contribution < -0.4 is 41.4 Å². The van der Waals surface area contributed by atoms with E-state index in [0.717, 1.165) is 30.5 Å². The van der Waals surface area contributed by atoms with Crippen LogP contribution in [0.15, 0.2) is 126 Å². The fraction of sp³-hybridized carbons (Fsp3) is 0.133. The molecule has 0 fully saturated rings. The number of urea groups is 2. The first-order chi connectivity index (χ1) is 29.6. The summed E-state index contributed by atoms with van der Waals surface area (Å²) in [5.74, 6) is 2.09. The minimum Gasteiger partial charge on any atom is -0.457 e. The number of aryl methyl sites for hydroxylation is 2. The van der Waals surface area contributed by atoms with E-state index in [0.29, 0.717) is 51.5 Å². The van der Waals surface area contributed by atoms with Crippen molar-refractivity contribution in [1.29, 1.82) is 0 Å². The van der Waals surface area contributed by atoms with Crippen molar-refractivity contribution in [2.24, 2.45) is 0 Å². The zero-order valence-electron chi connectivity index (χ0n) is 33.4. The summed E-state index contributed by atoms with van der Waals surface area (Å²) in [7, 11) is 3.08. The molecular formula is C45H41N9O7. The summed E-state index contributed by atoms with van der Waals surface area (Å²) in [5, 5.41) is 16.3.